The van der Waals surface area contributed by atoms with Gasteiger partial charge < -0.3 is 9.47 Å². The summed E-state index contributed by atoms with van der Waals surface area (Å²) in [6.07, 6.45) is -4.83. The third kappa shape index (κ3) is 6.78. The number of nitro groups is 1. The fourth-order valence-corrected chi connectivity index (χ4v) is 4.48. The summed E-state index contributed by atoms with van der Waals surface area (Å²) in [7, 11) is 0. The van der Waals surface area contributed by atoms with Gasteiger partial charge in [-0.25, -0.2) is 4.98 Å². The predicted octanol–water partition coefficient (Wildman–Crippen LogP) is 4.50. The van der Waals surface area contributed by atoms with E-state index in [2.05, 4.69) is 14.6 Å². The zero-order valence-electron chi connectivity index (χ0n) is 18.1. The molecule has 0 bridgehead atoms. The lowest BCUT2D eigenvalue weighted by Gasteiger charge is -2.29. The number of halogens is 4. The third-order valence-electron chi connectivity index (χ3n) is 5.11. The molecule has 35 heavy (non-hydrogen) atoms. The first-order valence-corrected chi connectivity index (χ1v) is 11.0. The summed E-state index contributed by atoms with van der Waals surface area (Å²) in [6, 6.07) is 9.11. The lowest BCUT2D eigenvalue weighted by atomic mass is 10.2. The SMILES string of the molecule is Cl.O=C(c1cccc([N+](=O)[O-])c1)N(CCN1CCOCC1)c1nc2ccc(OC(F)(F)F)cc2s1. The minimum atomic E-state index is -4.83. The number of rotatable bonds is 7. The zero-order valence-corrected chi connectivity index (χ0v) is 19.7. The summed E-state index contributed by atoms with van der Waals surface area (Å²) in [6.45, 7) is 3.26. The number of hydrogen-bond acceptors (Lipinski definition) is 8. The van der Waals surface area contributed by atoms with Crippen molar-refractivity contribution in [1.82, 2.24) is 9.88 Å². The fraction of sp³-hybridized carbons (Fsp3) is 0.333. The van der Waals surface area contributed by atoms with Crippen LogP contribution in [0, 0.1) is 10.1 Å². The number of fused-ring (bicyclic) bond motifs is 1. The van der Waals surface area contributed by atoms with Gasteiger partial charge in [0, 0.05) is 49.9 Å². The van der Waals surface area contributed by atoms with Crippen molar-refractivity contribution in [2.75, 3.05) is 44.3 Å². The number of carbonyl (C=O) groups excluding carboxylic acids is 1. The molecule has 0 saturated carbocycles. The summed E-state index contributed by atoms with van der Waals surface area (Å²) in [5, 5.41) is 11.4. The van der Waals surface area contributed by atoms with Gasteiger partial charge in [0.1, 0.15) is 5.75 Å². The molecule has 14 heteroatoms. The average molecular weight is 533 g/mol. The van der Waals surface area contributed by atoms with E-state index in [-0.39, 0.29) is 41.1 Å². The van der Waals surface area contributed by atoms with Gasteiger partial charge in [0.05, 0.1) is 28.4 Å². The number of amides is 1. The van der Waals surface area contributed by atoms with Gasteiger partial charge in [0.25, 0.3) is 11.6 Å². The molecule has 188 valence electrons. The maximum Gasteiger partial charge on any atom is 0.573 e. The maximum atomic E-state index is 13.4. The Morgan fingerprint density at radius 1 is 1.23 bits per heavy atom. The van der Waals surface area contributed by atoms with E-state index in [0.717, 1.165) is 17.4 Å². The minimum absolute atomic E-state index is 0. The van der Waals surface area contributed by atoms with Crippen LogP contribution in [0.25, 0.3) is 10.2 Å². The zero-order chi connectivity index (χ0) is 24.3. The van der Waals surface area contributed by atoms with E-state index in [1.54, 1.807) is 0 Å². The molecule has 2 aromatic carbocycles. The van der Waals surface area contributed by atoms with Gasteiger partial charge in [-0.2, -0.15) is 0 Å². The van der Waals surface area contributed by atoms with E-state index in [1.165, 1.54) is 41.3 Å². The van der Waals surface area contributed by atoms with Crippen LogP contribution < -0.4 is 9.64 Å². The number of nitrogens with zero attached hydrogens (tertiary/aromatic N) is 4. The van der Waals surface area contributed by atoms with Crippen LogP contribution in [-0.4, -0.2) is 66.5 Å². The van der Waals surface area contributed by atoms with E-state index in [4.69, 9.17) is 4.74 Å². The van der Waals surface area contributed by atoms with Crippen LogP contribution in [0.4, 0.5) is 24.0 Å². The molecule has 4 rings (SSSR count). The van der Waals surface area contributed by atoms with Gasteiger partial charge in [-0.15, -0.1) is 25.6 Å². The van der Waals surface area contributed by atoms with Crippen molar-refractivity contribution >= 4 is 50.7 Å². The van der Waals surface area contributed by atoms with E-state index in [1.807, 2.05) is 0 Å². The predicted molar refractivity (Wildman–Crippen MR) is 126 cm³/mol. The number of hydrogen-bond donors (Lipinski definition) is 0. The standard InChI is InChI=1S/C21H19F3N4O5S.ClH/c22-21(23,24)33-16-4-5-17-18(13-16)34-20(25-17)27(7-6-26-8-10-32-11-9-26)19(29)14-2-1-3-15(12-14)28(30)31;/h1-5,12-13H,6-11H2;1H. The van der Waals surface area contributed by atoms with E-state index < -0.39 is 17.2 Å². The van der Waals surface area contributed by atoms with Gasteiger partial charge in [-0.1, -0.05) is 17.4 Å². The molecule has 2 heterocycles. The Hall–Kier alpha value is -3.00. The maximum absolute atomic E-state index is 13.4. The van der Waals surface area contributed by atoms with Gasteiger partial charge >= 0.3 is 6.36 Å². The Morgan fingerprint density at radius 3 is 2.66 bits per heavy atom. The number of carbonyl (C=O) groups is 1. The molecule has 0 N–H and O–H groups in total. The summed E-state index contributed by atoms with van der Waals surface area (Å²) in [5.41, 5.74) is 0.284. The molecule has 1 aromatic heterocycles. The van der Waals surface area contributed by atoms with Crippen molar-refractivity contribution in [3.63, 3.8) is 0 Å². The molecule has 0 atom stereocenters. The van der Waals surface area contributed by atoms with Crippen LogP contribution in [0.1, 0.15) is 10.4 Å². The molecule has 1 saturated heterocycles. The first-order chi connectivity index (χ1) is 16.2. The second-order valence-corrected chi connectivity index (χ2v) is 8.40. The number of thiazole rings is 1. The lowest BCUT2D eigenvalue weighted by molar-refractivity contribution is -0.384. The van der Waals surface area contributed by atoms with E-state index in [9.17, 15) is 28.1 Å². The second kappa shape index (κ2) is 11.2. The number of aromatic nitrogens is 1. The van der Waals surface area contributed by atoms with Gasteiger partial charge in [0.15, 0.2) is 5.13 Å². The Kier molecular flexibility index (Phi) is 8.48. The molecule has 0 radical (unpaired) electrons. The van der Waals surface area contributed by atoms with Crippen LogP contribution in [0.2, 0.25) is 0 Å². The van der Waals surface area contributed by atoms with E-state index in [0.29, 0.717) is 43.1 Å². The first kappa shape index (κ1) is 26.6. The Labute approximate surface area is 207 Å². The number of alkyl halides is 3. The molecule has 1 fully saturated rings. The Morgan fingerprint density at radius 2 is 1.97 bits per heavy atom. The van der Waals surface area contributed by atoms with Gasteiger partial charge in [0.2, 0.25) is 0 Å². The number of nitro benzene ring substituents is 1. The first-order valence-electron chi connectivity index (χ1n) is 10.2. The Bertz CT molecular complexity index is 1200. The summed E-state index contributed by atoms with van der Waals surface area (Å²) < 4.78 is 47.5. The fourth-order valence-electron chi connectivity index (χ4n) is 3.46. The normalized spacial score (nSPS) is 14.4. The number of ether oxygens (including phenoxy) is 2. The molecular formula is C21H20ClF3N4O5S. The highest BCUT2D eigenvalue weighted by molar-refractivity contribution is 7.22. The topological polar surface area (TPSA) is 98.0 Å². The average Bonchev–Trinajstić information content (AvgIpc) is 3.21. The van der Waals surface area contributed by atoms with Crippen LogP contribution >= 0.6 is 23.7 Å². The highest BCUT2D eigenvalue weighted by Crippen LogP contribution is 2.34. The van der Waals surface area contributed by atoms with Crippen LogP contribution in [0.3, 0.4) is 0 Å². The quantitative estimate of drug-likeness (QED) is 0.326. The van der Waals surface area contributed by atoms with Crippen molar-refractivity contribution in [3.8, 4) is 5.75 Å². The van der Waals surface area contributed by atoms with Crippen LogP contribution in [0.5, 0.6) is 5.75 Å². The van der Waals surface area contributed by atoms with Crippen molar-refractivity contribution in [1.29, 1.82) is 0 Å². The van der Waals surface area contributed by atoms with Gasteiger partial charge in [-0.3, -0.25) is 24.7 Å². The van der Waals surface area contributed by atoms with Crippen molar-refractivity contribution < 1.29 is 32.4 Å². The number of non-ortho nitro benzene ring substituents is 1. The molecular weight excluding hydrogens is 513 g/mol. The number of anilines is 1. The molecule has 9 nitrogen and oxygen atoms in total. The summed E-state index contributed by atoms with van der Waals surface area (Å²) in [4.78, 5) is 31.9. The monoisotopic (exact) mass is 532 g/mol. The smallest absolute Gasteiger partial charge is 0.406 e. The van der Waals surface area contributed by atoms with E-state index >= 15 is 0 Å². The Balaban J connectivity index is 0.00000342. The molecule has 0 spiro atoms. The molecule has 0 unspecified atom stereocenters. The molecule has 0 aliphatic carbocycles. The minimum Gasteiger partial charge on any atom is -0.406 e. The van der Waals surface area contributed by atoms with Crippen LogP contribution in [0.15, 0.2) is 42.5 Å². The third-order valence-corrected chi connectivity index (χ3v) is 6.15. The van der Waals surface area contributed by atoms with Crippen molar-refractivity contribution in [3.05, 3.63) is 58.1 Å². The molecule has 1 amide bonds. The second-order valence-electron chi connectivity index (χ2n) is 7.39. The summed E-state index contributed by atoms with van der Waals surface area (Å²) in [5.74, 6) is -0.886. The summed E-state index contributed by atoms with van der Waals surface area (Å²) >= 11 is 1.04. The largest absolute Gasteiger partial charge is 0.573 e. The number of morpholine rings is 1. The van der Waals surface area contributed by atoms with Crippen molar-refractivity contribution in [2.45, 2.75) is 6.36 Å². The van der Waals surface area contributed by atoms with Gasteiger partial charge in [-0.05, 0) is 18.2 Å². The molecule has 1 aliphatic heterocycles. The molecule has 1 aliphatic rings. The molecule has 3 aromatic rings. The van der Waals surface area contributed by atoms with Crippen LogP contribution in [-0.2, 0) is 4.74 Å². The highest BCUT2D eigenvalue weighted by atomic mass is 35.5. The van der Waals surface area contributed by atoms with Crippen molar-refractivity contribution in [2.24, 2.45) is 0 Å². The lowest BCUT2D eigenvalue weighted by Crippen LogP contribution is -2.43. The number of benzene rings is 2. The highest BCUT2D eigenvalue weighted by Gasteiger charge is 2.31.